The minimum atomic E-state index is -3.19. The van der Waals surface area contributed by atoms with Crippen LogP contribution in [0, 0.1) is 0 Å². The van der Waals surface area contributed by atoms with Crippen molar-refractivity contribution in [2.45, 2.75) is 0 Å². The van der Waals surface area contributed by atoms with Crippen molar-refractivity contribution in [3.05, 3.63) is 170 Å². The van der Waals surface area contributed by atoms with Gasteiger partial charge in [0.2, 0.25) is 0 Å². The van der Waals surface area contributed by atoms with Gasteiger partial charge in [-0.2, -0.15) is 0 Å². The highest BCUT2D eigenvalue weighted by Crippen LogP contribution is 2.47. The van der Waals surface area contributed by atoms with Gasteiger partial charge in [-0.1, -0.05) is 152 Å². The first-order valence-electron chi connectivity index (χ1n) is 14.8. The zero-order chi connectivity index (χ0) is 29.5. The number of nitrogens with zero attached hydrogens (tertiary/aromatic N) is 1. The summed E-state index contributed by atoms with van der Waals surface area (Å²) in [6, 6.07) is 54.1. The summed E-state index contributed by atoms with van der Waals surface area (Å²) in [5, 5.41) is 9.40. The number of pyridine rings is 1. The lowest BCUT2D eigenvalue weighted by Gasteiger charge is -2.21. The maximum absolute atomic E-state index is 15.3. The minimum Gasteiger partial charge on any atom is -0.309 e. The first-order chi connectivity index (χ1) is 21.7. The van der Waals surface area contributed by atoms with Crippen LogP contribution in [-0.4, -0.2) is 4.98 Å². The van der Waals surface area contributed by atoms with Crippen LogP contribution in [0.1, 0.15) is 0 Å². The largest absolute Gasteiger partial charge is 0.309 e. The van der Waals surface area contributed by atoms with E-state index in [-0.39, 0.29) is 0 Å². The van der Waals surface area contributed by atoms with E-state index < -0.39 is 7.14 Å². The third-order valence-corrected chi connectivity index (χ3v) is 11.6. The number of aromatic nitrogens is 1. The summed E-state index contributed by atoms with van der Waals surface area (Å²) in [4.78, 5) is 4.74. The molecule has 0 fully saturated rings. The van der Waals surface area contributed by atoms with Crippen molar-refractivity contribution in [1.29, 1.82) is 0 Å². The van der Waals surface area contributed by atoms with E-state index in [1.54, 1.807) is 6.20 Å². The Morgan fingerprint density at radius 1 is 0.409 bits per heavy atom. The van der Waals surface area contributed by atoms with Gasteiger partial charge in [-0.15, -0.1) is 0 Å². The molecule has 1 aromatic heterocycles. The quantitative estimate of drug-likeness (QED) is 0.150. The van der Waals surface area contributed by atoms with Gasteiger partial charge in [0.25, 0.3) is 0 Å². The van der Waals surface area contributed by atoms with Crippen molar-refractivity contribution in [2.24, 2.45) is 0 Å². The smallest absolute Gasteiger partial charge is 0.172 e. The molecular formula is C41H28NOP. The van der Waals surface area contributed by atoms with Crippen molar-refractivity contribution in [2.75, 3.05) is 0 Å². The van der Waals surface area contributed by atoms with Crippen LogP contribution < -0.4 is 15.9 Å². The Labute approximate surface area is 256 Å². The van der Waals surface area contributed by atoms with E-state index in [9.17, 15) is 0 Å². The second kappa shape index (κ2) is 10.8. The molecule has 0 aliphatic rings. The van der Waals surface area contributed by atoms with Gasteiger partial charge in [0.15, 0.2) is 7.14 Å². The van der Waals surface area contributed by atoms with Gasteiger partial charge < -0.3 is 4.57 Å². The van der Waals surface area contributed by atoms with E-state index in [2.05, 4.69) is 97.1 Å². The van der Waals surface area contributed by atoms with Crippen molar-refractivity contribution in [3.63, 3.8) is 0 Å². The molecule has 8 aromatic rings. The maximum Gasteiger partial charge on any atom is 0.172 e. The predicted molar refractivity (Wildman–Crippen MR) is 187 cm³/mol. The Morgan fingerprint density at radius 3 is 1.48 bits per heavy atom. The molecule has 0 spiro atoms. The molecule has 44 heavy (non-hydrogen) atoms. The Morgan fingerprint density at radius 2 is 0.886 bits per heavy atom. The molecule has 0 aliphatic heterocycles. The summed E-state index contributed by atoms with van der Waals surface area (Å²) in [6.07, 6.45) is 3.69. The Balaban J connectivity index is 1.44. The second-order valence-corrected chi connectivity index (χ2v) is 13.8. The highest BCUT2D eigenvalue weighted by Gasteiger charge is 2.30. The van der Waals surface area contributed by atoms with Crippen LogP contribution in [0.4, 0.5) is 0 Å². The van der Waals surface area contributed by atoms with Gasteiger partial charge in [0, 0.05) is 33.9 Å². The molecule has 0 unspecified atom stereocenters. The summed E-state index contributed by atoms with van der Waals surface area (Å²) in [7, 11) is -3.19. The molecule has 3 heteroatoms. The van der Waals surface area contributed by atoms with Gasteiger partial charge in [-0.25, -0.2) is 0 Å². The summed E-state index contributed by atoms with van der Waals surface area (Å²) in [6.45, 7) is 0. The summed E-state index contributed by atoms with van der Waals surface area (Å²) in [5.41, 5.74) is 4.49. The van der Waals surface area contributed by atoms with Gasteiger partial charge in [-0.3, -0.25) is 4.98 Å². The molecule has 0 amide bonds. The first-order valence-corrected chi connectivity index (χ1v) is 16.5. The van der Waals surface area contributed by atoms with Crippen molar-refractivity contribution in [3.8, 4) is 22.3 Å². The fourth-order valence-electron chi connectivity index (χ4n) is 6.63. The lowest BCUT2D eigenvalue weighted by Crippen LogP contribution is -2.25. The first kappa shape index (κ1) is 26.3. The van der Waals surface area contributed by atoms with Crippen molar-refractivity contribution in [1.82, 2.24) is 4.98 Å². The van der Waals surface area contributed by atoms with Crippen LogP contribution >= 0.6 is 7.14 Å². The summed E-state index contributed by atoms with van der Waals surface area (Å²) < 4.78 is 15.3. The third kappa shape index (κ3) is 4.19. The molecule has 0 radical (unpaired) electrons. The van der Waals surface area contributed by atoms with Gasteiger partial charge in [-0.05, 0) is 55.1 Å². The molecule has 0 bridgehead atoms. The molecular weight excluding hydrogens is 553 g/mol. The lowest BCUT2D eigenvalue weighted by molar-refractivity contribution is 0.592. The third-order valence-electron chi connectivity index (χ3n) is 8.61. The second-order valence-electron chi connectivity index (χ2n) is 11.1. The van der Waals surface area contributed by atoms with Crippen LogP contribution in [0.25, 0.3) is 54.6 Å². The zero-order valence-electron chi connectivity index (χ0n) is 24.0. The zero-order valence-corrected chi connectivity index (χ0v) is 24.9. The van der Waals surface area contributed by atoms with Crippen molar-refractivity contribution < 1.29 is 4.57 Å². The molecule has 7 aromatic carbocycles. The maximum atomic E-state index is 15.3. The molecule has 0 N–H and O–H groups in total. The van der Waals surface area contributed by atoms with Crippen LogP contribution in [0.2, 0.25) is 0 Å². The van der Waals surface area contributed by atoms with E-state index in [1.165, 1.54) is 32.7 Å². The molecule has 208 valence electrons. The van der Waals surface area contributed by atoms with E-state index in [4.69, 9.17) is 4.98 Å². The van der Waals surface area contributed by atoms with Gasteiger partial charge >= 0.3 is 0 Å². The predicted octanol–water partition coefficient (Wildman–Crippen LogP) is 9.51. The molecule has 0 saturated carbocycles. The standard InChI is InChI=1S/C41H28NOP/c43-44(31-16-3-1-4-17-31,32-18-5-2-6-19-32)33-26-30(27-42-28-33)40-36-21-9-11-23-38(36)41(39-24-12-10-22-37(39)40)35-25-13-15-29-14-7-8-20-34(29)35/h1-28H. The number of benzene rings is 7. The number of fused-ring (bicyclic) bond motifs is 3. The number of rotatable bonds is 5. The fourth-order valence-corrected chi connectivity index (χ4v) is 9.26. The molecule has 8 rings (SSSR count). The Kier molecular flexibility index (Phi) is 6.44. The van der Waals surface area contributed by atoms with Crippen LogP contribution in [0.3, 0.4) is 0 Å². The number of hydrogen-bond acceptors (Lipinski definition) is 2. The Bertz CT molecular complexity index is 2260. The summed E-state index contributed by atoms with van der Waals surface area (Å²) in [5.74, 6) is 0. The topological polar surface area (TPSA) is 30.0 Å². The molecule has 1 heterocycles. The average Bonchev–Trinajstić information content (AvgIpc) is 3.11. The van der Waals surface area contributed by atoms with Crippen LogP contribution in [-0.2, 0) is 4.57 Å². The minimum absolute atomic E-state index is 0.721. The van der Waals surface area contributed by atoms with Crippen LogP contribution in [0.15, 0.2) is 170 Å². The molecule has 2 nitrogen and oxygen atoms in total. The monoisotopic (exact) mass is 581 g/mol. The van der Waals surface area contributed by atoms with E-state index in [0.717, 1.165) is 37.8 Å². The van der Waals surface area contributed by atoms with Gasteiger partial charge in [0.05, 0.1) is 0 Å². The summed E-state index contributed by atoms with van der Waals surface area (Å²) >= 11 is 0. The molecule has 0 aliphatic carbocycles. The highest BCUT2D eigenvalue weighted by atomic mass is 31.2. The lowest BCUT2D eigenvalue weighted by atomic mass is 9.85. The SMILES string of the molecule is O=P(c1ccccc1)(c1ccccc1)c1cncc(-c2c3ccccc3c(-c3cccc4ccccc34)c3ccccc23)c1. The van der Waals surface area contributed by atoms with Crippen LogP contribution in [0.5, 0.6) is 0 Å². The van der Waals surface area contributed by atoms with Crippen molar-refractivity contribution >= 4 is 55.4 Å². The van der Waals surface area contributed by atoms with Gasteiger partial charge in [0.1, 0.15) is 0 Å². The normalized spacial score (nSPS) is 11.7. The van der Waals surface area contributed by atoms with E-state index in [1.807, 2.05) is 66.9 Å². The highest BCUT2D eigenvalue weighted by molar-refractivity contribution is 7.85. The fraction of sp³-hybridized carbons (Fsp3) is 0. The molecule has 0 saturated heterocycles. The average molecular weight is 582 g/mol. The van der Waals surface area contributed by atoms with E-state index >= 15 is 4.57 Å². The number of hydrogen-bond donors (Lipinski definition) is 0. The Hall–Kier alpha value is -5.30. The molecule has 0 atom stereocenters. The van der Waals surface area contributed by atoms with E-state index in [0.29, 0.717) is 0 Å².